The molecule has 1 aromatic carbocycles. The number of aromatic nitrogens is 1. The number of pyridine rings is 1. The van der Waals surface area contributed by atoms with Crippen molar-refractivity contribution in [1.82, 2.24) is 4.98 Å². The lowest BCUT2D eigenvalue weighted by Crippen LogP contribution is -2.11. The van der Waals surface area contributed by atoms with Crippen molar-refractivity contribution < 1.29 is 14.6 Å². The van der Waals surface area contributed by atoms with Crippen LogP contribution in [-0.4, -0.2) is 17.2 Å². The molecule has 0 aliphatic carbocycles. The largest absolute Gasteiger partial charge is 0.508 e. The number of aryl methyl sites for hydroxylation is 1. The van der Waals surface area contributed by atoms with Crippen molar-refractivity contribution in [3.05, 3.63) is 59.1 Å². The van der Waals surface area contributed by atoms with Gasteiger partial charge in [-0.05, 0) is 6.92 Å². The van der Waals surface area contributed by atoms with Gasteiger partial charge in [-0.25, -0.2) is 0 Å². The maximum atomic E-state index is 10.2. The summed E-state index contributed by atoms with van der Waals surface area (Å²) in [6, 6.07) is 7.83. The van der Waals surface area contributed by atoms with Gasteiger partial charge in [-0.2, -0.15) is 0 Å². The summed E-state index contributed by atoms with van der Waals surface area (Å²) in [5.41, 5.74) is 2.82. The van der Waals surface area contributed by atoms with E-state index in [1.807, 2.05) is 31.2 Å². The average molecular weight is 269 g/mol. The minimum absolute atomic E-state index is 0.200. The Labute approximate surface area is 117 Å². The predicted octanol–water partition coefficient (Wildman–Crippen LogP) is 3.26. The number of aliphatic hydroxyl groups excluding tert-OH is 1. The fourth-order valence-electron chi connectivity index (χ4n) is 2.24. The lowest BCUT2D eigenvalue weighted by Gasteiger charge is -2.21. The second-order valence-electron chi connectivity index (χ2n) is 4.74. The number of rotatable bonds is 2. The zero-order valence-electron chi connectivity index (χ0n) is 11.4. The number of fused-ring (bicyclic) bond motifs is 1. The molecule has 2 heterocycles. The lowest BCUT2D eigenvalue weighted by atomic mass is 10.0. The van der Waals surface area contributed by atoms with Crippen LogP contribution >= 0.6 is 0 Å². The molecule has 20 heavy (non-hydrogen) atoms. The molecule has 3 rings (SSSR count). The predicted molar refractivity (Wildman–Crippen MR) is 75.8 cm³/mol. The van der Waals surface area contributed by atoms with Gasteiger partial charge in [-0.3, -0.25) is 4.98 Å². The SMILES string of the molecule is COc1cncc2c1CC(O)=C(c1ccc(C)cc1)O2. The molecular weight excluding hydrogens is 254 g/mol. The van der Waals surface area contributed by atoms with Crippen molar-refractivity contribution in [2.24, 2.45) is 0 Å². The molecule has 0 unspecified atom stereocenters. The Morgan fingerprint density at radius 2 is 1.95 bits per heavy atom. The van der Waals surface area contributed by atoms with Crippen molar-refractivity contribution in [2.45, 2.75) is 13.3 Å². The summed E-state index contributed by atoms with van der Waals surface area (Å²) in [6.45, 7) is 2.02. The second kappa shape index (κ2) is 4.89. The van der Waals surface area contributed by atoms with E-state index in [1.165, 1.54) is 0 Å². The molecule has 0 bridgehead atoms. The number of methoxy groups -OCH3 is 1. The van der Waals surface area contributed by atoms with E-state index in [0.29, 0.717) is 23.7 Å². The zero-order chi connectivity index (χ0) is 14.1. The molecule has 0 amide bonds. The van der Waals surface area contributed by atoms with Crippen LogP contribution in [-0.2, 0) is 6.42 Å². The third kappa shape index (κ3) is 2.09. The van der Waals surface area contributed by atoms with Gasteiger partial charge in [0.2, 0.25) is 0 Å². The first kappa shape index (κ1) is 12.5. The van der Waals surface area contributed by atoms with Gasteiger partial charge in [0.1, 0.15) is 11.5 Å². The van der Waals surface area contributed by atoms with Crippen molar-refractivity contribution in [3.8, 4) is 11.5 Å². The number of allylic oxidation sites excluding steroid dienone is 1. The zero-order valence-corrected chi connectivity index (χ0v) is 11.4. The van der Waals surface area contributed by atoms with Gasteiger partial charge >= 0.3 is 0 Å². The topological polar surface area (TPSA) is 51.6 Å². The van der Waals surface area contributed by atoms with Gasteiger partial charge in [0.15, 0.2) is 11.5 Å². The van der Waals surface area contributed by atoms with Crippen LogP contribution in [0.25, 0.3) is 5.76 Å². The number of nitrogens with zero attached hydrogens (tertiary/aromatic N) is 1. The molecule has 4 heteroatoms. The molecule has 1 aliphatic rings. The molecule has 0 atom stereocenters. The Kier molecular flexibility index (Phi) is 3.06. The number of hydrogen-bond donors (Lipinski definition) is 1. The first-order valence-electron chi connectivity index (χ1n) is 6.37. The van der Waals surface area contributed by atoms with Gasteiger partial charge in [-0.15, -0.1) is 0 Å². The maximum absolute atomic E-state index is 10.2. The van der Waals surface area contributed by atoms with Crippen molar-refractivity contribution in [3.63, 3.8) is 0 Å². The number of hydrogen-bond acceptors (Lipinski definition) is 4. The third-order valence-corrected chi connectivity index (χ3v) is 3.33. The molecule has 2 aromatic rings. The molecule has 4 nitrogen and oxygen atoms in total. The molecule has 0 fully saturated rings. The van der Waals surface area contributed by atoms with Crippen LogP contribution < -0.4 is 9.47 Å². The molecule has 0 radical (unpaired) electrons. The summed E-state index contributed by atoms with van der Waals surface area (Å²) in [5, 5.41) is 10.2. The number of benzene rings is 1. The van der Waals surface area contributed by atoms with Gasteiger partial charge in [0, 0.05) is 17.5 Å². The average Bonchev–Trinajstić information content (AvgIpc) is 2.47. The minimum atomic E-state index is 0.200. The first-order chi connectivity index (χ1) is 9.69. The van der Waals surface area contributed by atoms with Crippen LogP contribution in [0.2, 0.25) is 0 Å². The van der Waals surface area contributed by atoms with Gasteiger partial charge in [-0.1, -0.05) is 29.8 Å². The molecular formula is C16H15NO3. The Morgan fingerprint density at radius 1 is 1.20 bits per heavy atom. The maximum Gasteiger partial charge on any atom is 0.172 e. The molecule has 1 N–H and O–H groups in total. The van der Waals surface area contributed by atoms with Crippen LogP contribution in [0.5, 0.6) is 11.5 Å². The lowest BCUT2D eigenvalue weighted by molar-refractivity contribution is 0.346. The smallest absolute Gasteiger partial charge is 0.172 e. The van der Waals surface area contributed by atoms with Crippen molar-refractivity contribution >= 4 is 5.76 Å². The summed E-state index contributed by atoms with van der Waals surface area (Å²) < 4.78 is 11.0. The van der Waals surface area contributed by atoms with Crippen LogP contribution in [0, 0.1) is 6.92 Å². The fraction of sp³-hybridized carbons (Fsp3) is 0.188. The van der Waals surface area contributed by atoms with Gasteiger partial charge < -0.3 is 14.6 Å². The third-order valence-electron chi connectivity index (χ3n) is 3.33. The Balaban J connectivity index is 2.02. The van der Waals surface area contributed by atoms with E-state index in [9.17, 15) is 5.11 Å². The Bertz CT molecular complexity index is 675. The molecule has 0 saturated carbocycles. The highest BCUT2D eigenvalue weighted by atomic mass is 16.5. The first-order valence-corrected chi connectivity index (χ1v) is 6.37. The number of ether oxygens (including phenoxy) is 2. The normalized spacial score (nSPS) is 13.7. The van der Waals surface area contributed by atoms with Gasteiger partial charge in [0.25, 0.3) is 0 Å². The summed E-state index contributed by atoms with van der Waals surface area (Å²) in [6.07, 6.45) is 3.63. The monoisotopic (exact) mass is 269 g/mol. The highest BCUT2D eigenvalue weighted by Gasteiger charge is 2.23. The van der Waals surface area contributed by atoms with Crippen molar-refractivity contribution in [2.75, 3.05) is 7.11 Å². The van der Waals surface area contributed by atoms with Crippen LogP contribution in [0.1, 0.15) is 16.7 Å². The van der Waals surface area contributed by atoms with Crippen LogP contribution in [0.3, 0.4) is 0 Å². The fourth-order valence-corrected chi connectivity index (χ4v) is 2.24. The highest BCUT2D eigenvalue weighted by Crippen LogP contribution is 2.37. The second-order valence-corrected chi connectivity index (χ2v) is 4.74. The Morgan fingerprint density at radius 3 is 2.65 bits per heavy atom. The Hall–Kier alpha value is -2.49. The van der Waals surface area contributed by atoms with Gasteiger partial charge in [0.05, 0.1) is 19.5 Å². The standard InChI is InChI=1S/C16H15NO3/c1-10-3-5-11(6-4-10)16-13(18)7-12-14(19-2)8-17-9-15(12)20-16/h3-6,8-9,18H,7H2,1-2H3. The van der Waals surface area contributed by atoms with E-state index < -0.39 is 0 Å². The highest BCUT2D eigenvalue weighted by molar-refractivity contribution is 5.68. The summed E-state index contributed by atoms with van der Waals surface area (Å²) in [7, 11) is 1.58. The summed E-state index contributed by atoms with van der Waals surface area (Å²) in [4.78, 5) is 4.08. The molecule has 102 valence electrons. The van der Waals surface area contributed by atoms with E-state index in [0.717, 1.165) is 16.7 Å². The van der Waals surface area contributed by atoms with E-state index in [-0.39, 0.29) is 5.76 Å². The van der Waals surface area contributed by atoms with Crippen molar-refractivity contribution in [1.29, 1.82) is 0 Å². The van der Waals surface area contributed by atoms with E-state index in [2.05, 4.69) is 4.98 Å². The summed E-state index contributed by atoms with van der Waals surface area (Å²) >= 11 is 0. The van der Waals surface area contributed by atoms with E-state index in [4.69, 9.17) is 9.47 Å². The van der Waals surface area contributed by atoms with Crippen LogP contribution in [0.15, 0.2) is 42.4 Å². The van der Waals surface area contributed by atoms with E-state index >= 15 is 0 Å². The molecule has 0 spiro atoms. The molecule has 0 saturated heterocycles. The molecule has 1 aromatic heterocycles. The molecule has 1 aliphatic heterocycles. The van der Waals surface area contributed by atoms with Crippen LogP contribution in [0.4, 0.5) is 0 Å². The summed E-state index contributed by atoms with van der Waals surface area (Å²) in [5.74, 6) is 1.92. The quantitative estimate of drug-likeness (QED) is 0.909. The van der Waals surface area contributed by atoms with E-state index in [1.54, 1.807) is 19.5 Å². The minimum Gasteiger partial charge on any atom is -0.508 e. The number of aliphatic hydroxyl groups is 1.